The van der Waals surface area contributed by atoms with Gasteiger partial charge in [-0.1, -0.05) is 133 Å². The number of fused-ring (bicyclic) bond motifs is 10. The zero-order valence-electron chi connectivity index (χ0n) is 30.1. The van der Waals surface area contributed by atoms with Gasteiger partial charge in [0.05, 0.1) is 45.1 Å². The molecule has 0 spiro atoms. The van der Waals surface area contributed by atoms with E-state index in [4.69, 9.17) is 0 Å². The summed E-state index contributed by atoms with van der Waals surface area (Å²) in [6.07, 6.45) is 0. The Morgan fingerprint density at radius 2 is 0.768 bits per heavy atom. The monoisotopic (exact) mass is 710 g/mol. The van der Waals surface area contributed by atoms with Gasteiger partial charge in [-0.15, -0.1) is 0 Å². The van der Waals surface area contributed by atoms with Crippen molar-refractivity contribution in [2.75, 3.05) is 0 Å². The summed E-state index contributed by atoms with van der Waals surface area (Å²) < 4.78 is 4.37. The topological polar surface area (TPSA) is 57.4 Å². The molecule has 0 radical (unpaired) electrons. The highest BCUT2D eigenvalue weighted by Crippen LogP contribution is 2.43. The lowest BCUT2D eigenvalue weighted by Crippen LogP contribution is -2.05. The second-order valence-electron chi connectivity index (χ2n) is 14.3. The van der Waals surface area contributed by atoms with Crippen LogP contribution in [0.4, 0.5) is 0 Å². The number of benzene rings is 9. The van der Waals surface area contributed by atoms with E-state index < -0.39 is 0 Å². The Hall–Kier alpha value is -7.92. The van der Waals surface area contributed by atoms with Crippen LogP contribution in [0.5, 0.6) is 0 Å². The summed E-state index contributed by atoms with van der Waals surface area (Å²) in [6, 6.07) is 68.4. The number of nitrogens with zero attached hydrogens (tertiary/aromatic N) is 4. The fraction of sp³-hybridized carbons (Fsp3) is 0. The van der Waals surface area contributed by atoms with Crippen molar-refractivity contribution >= 4 is 65.2 Å². The summed E-state index contributed by atoms with van der Waals surface area (Å²) in [5.41, 5.74) is 10.7. The van der Waals surface area contributed by atoms with Crippen LogP contribution in [-0.4, -0.2) is 9.13 Å². The van der Waals surface area contributed by atoms with Crippen LogP contribution in [0.25, 0.3) is 98.8 Å². The van der Waals surface area contributed by atoms with Crippen molar-refractivity contribution in [3.63, 3.8) is 0 Å². The Morgan fingerprint density at radius 3 is 1.21 bits per heavy atom. The first-order valence-electron chi connectivity index (χ1n) is 18.7. The van der Waals surface area contributed by atoms with Crippen LogP contribution in [-0.2, 0) is 0 Å². The molecule has 0 unspecified atom stereocenters. The van der Waals surface area contributed by atoms with Gasteiger partial charge in [0.1, 0.15) is 11.6 Å². The molecule has 11 rings (SSSR count). The smallest absolute Gasteiger partial charge is 0.104 e. The molecule has 2 heterocycles. The van der Waals surface area contributed by atoms with Gasteiger partial charge in [0.2, 0.25) is 0 Å². The highest BCUT2D eigenvalue weighted by atomic mass is 15.0. The van der Waals surface area contributed by atoms with Gasteiger partial charge < -0.3 is 9.13 Å². The minimum absolute atomic E-state index is 0.474. The molecule has 11 aromatic rings. The first-order valence-corrected chi connectivity index (χ1v) is 18.7. The fourth-order valence-corrected chi connectivity index (χ4v) is 8.86. The third-order valence-corrected chi connectivity index (χ3v) is 11.3. The molecule has 2 aromatic heterocycles. The maximum absolute atomic E-state index is 11.3. The molecule has 0 atom stereocenters. The Morgan fingerprint density at radius 1 is 0.339 bits per heavy atom. The molecule has 9 aromatic carbocycles. The van der Waals surface area contributed by atoms with Crippen molar-refractivity contribution < 1.29 is 0 Å². The first kappa shape index (κ1) is 31.6. The zero-order chi connectivity index (χ0) is 37.3. The summed E-state index contributed by atoms with van der Waals surface area (Å²) in [5.74, 6) is 0. The number of aromatic nitrogens is 2. The quantitative estimate of drug-likeness (QED) is 0.183. The van der Waals surface area contributed by atoms with Gasteiger partial charge in [-0.2, -0.15) is 10.5 Å². The Kier molecular flexibility index (Phi) is 6.95. The number of hydrogen-bond donors (Lipinski definition) is 0. The molecule has 0 saturated heterocycles. The van der Waals surface area contributed by atoms with E-state index in [1.807, 2.05) is 24.3 Å². The summed E-state index contributed by atoms with van der Waals surface area (Å²) in [6.45, 7) is 0. The zero-order valence-corrected chi connectivity index (χ0v) is 30.1. The number of hydrogen-bond acceptors (Lipinski definition) is 2. The van der Waals surface area contributed by atoms with Crippen molar-refractivity contribution in [2.45, 2.75) is 0 Å². The van der Waals surface area contributed by atoms with Crippen molar-refractivity contribution in [1.29, 1.82) is 10.5 Å². The van der Waals surface area contributed by atoms with Gasteiger partial charge in [0, 0.05) is 21.5 Å². The van der Waals surface area contributed by atoms with E-state index in [1.165, 1.54) is 0 Å². The minimum atomic E-state index is 0.474. The van der Waals surface area contributed by atoms with Gasteiger partial charge in [-0.05, 0) is 92.3 Å². The number of rotatable bonds is 4. The molecule has 0 N–H and O–H groups in total. The Balaban J connectivity index is 1.26. The van der Waals surface area contributed by atoms with Gasteiger partial charge in [0.15, 0.2) is 0 Å². The van der Waals surface area contributed by atoms with Crippen LogP contribution in [0.2, 0.25) is 0 Å². The minimum Gasteiger partial charge on any atom is -0.308 e. The Bertz CT molecular complexity index is 3270. The summed E-state index contributed by atoms with van der Waals surface area (Å²) >= 11 is 0. The summed E-state index contributed by atoms with van der Waals surface area (Å²) in [7, 11) is 0. The maximum atomic E-state index is 11.3. The van der Waals surface area contributed by atoms with Gasteiger partial charge >= 0.3 is 0 Å². The van der Waals surface area contributed by atoms with E-state index in [9.17, 15) is 10.5 Å². The Labute approximate surface area is 322 Å². The van der Waals surface area contributed by atoms with E-state index in [1.54, 1.807) is 0 Å². The molecule has 4 nitrogen and oxygen atoms in total. The molecular formula is C52H30N4. The van der Waals surface area contributed by atoms with Crippen LogP contribution in [0.3, 0.4) is 0 Å². The SMILES string of the molecule is N#Cc1cc(-n2c3ccc(-c4ccccc4)cc3c3c4ccccc4ccc32)c(C#N)c(-n2c3ccc(-c4ccccc4)cc3c3c4ccccc4ccc32)c1. The molecular weight excluding hydrogens is 681 g/mol. The van der Waals surface area contributed by atoms with Crippen LogP contribution in [0, 0.1) is 22.7 Å². The van der Waals surface area contributed by atoms with Gasteiger partial charge in [-0.25, -0.2) is 0 Å². The van der Waals surface area contributed by atoms with Crippen molar-refractivity contribution in [3.8, 4) is 45.8 Å². The third-order valence-electron chi connectivity index (χ3n) is 11.3. The van der Waals surface area contributed by atoms with E-state index in [2.05, 4.69) is 179 Å². The second kappa shape index (κ2) is 12.3. The van der Waals surface area contributed by atoms with E-state index >= 15 is 0 Å². The predicted molar refractivity (Wildman–Crippen MR) is 230 cm³/mol. The first-order chi connectivity index (χ1) is 27.7. The molecule has 0 aliphatic heterocycles. The molecule has 4 heteroatoms. The summed E-state index contributed by atoms with van der Waals surface area (Å²) in [4.78, 5) is 0. The highest BCUT2D eigenvalue weighted by molar-refractivity contribution is 6.23. The average molecular weight is 711 g/mol. The van der Waals surface area contributed by atoms with E-state index in [-0.39, 0.29) is 0 Å². The van der Waals surface area contributed by atoms with Crippen molar-refractivity contribution in [2.24, 2.45) is 0 Å². The fourth-order valence-electron chi connectivity index (χ4n) is 8.86. The van der Waals surface area contributed by atoms with E-state index in [0.717, 1.165) is 87.4 Å². The standard InChI is InChI=1S/C52H30N4/c53-31-33-27-49(55-45-23-21-38(34-11-3-1-4-12-34)29-42(45)51-40-17-9-7-15-36(40)19-25-47(51)55)44(32-54)50(28-33)56-46-24-22-39(35-13-5-2-6-14-35)30-43(46)52-41-18-10-8-16-37(41)20-26-48(52)56/h1-30H. The molecule has 0 aliphatic carbocycles. The van der Waals surface area contributed by atoms with Crippen molar-refractivity contribution in [3.05, 3.63) is 193 Å². The van der Waals surface area contributed by atoms with Gasteiger partial charge in [0.25, 0.3) is 0 Å². The molecule has 0 aliphatic rings. The predicted octanol–water partition coefficient (Wildman–Crippen LogP) is 13.3. The van der Waals surface area contributed by atoms with Crippen LogP contribution < -0.4 is 0 Å². The maximum Gasteiger partial charge on any atom is 0.104 e. The lowest BCUT2D eigenvalue weighted by Gasteiger charge is -2.17. The lowest BCUT2D eigenvalue weighted by atomic mass is 10.0. The highest BCUT2D eigenvalue weighted by Gasteiger charge is 2.24. The average Bonchev–Trinajstić information content (AvgIpc) is 3.79. The van der Waals surface area contributed by atoms with Crippen LogP contribution >= 0.6 is 0 Å². The van der Waals surface area contributed by atoms with Crippen molar-refractivity contribution in [1.82, 2.24) is 9.13 Å². The van der Waals surface area contributed by atoms with Gasteiger partial charge in [-0.3, -0.25) is 0 Å². The molecule has 258 valence electrons. The largest absolute Gasteiger partial charge is 0.308 e. The number of nitriles is 2. The molecule has 0 bridgehead atoms. The third kappa shape index (κ3) is 4.64. The summed E-state index contributed by atoms with van der Waals surface area (Å²) in [5, 5.41) is 30.9. The second-order valence-corrected chi connectivity index (χ2v) is 14.3. The van der Waals surface area contributed by atoms with Crippen LogP contribution in [0.15, 0.2) is 182 Å². The normalized spacial score (nSPS) is 11.5. The molecule has 0 amide bonds. The molecule has 0 saturated carbocycles. The molecule has 0 fully saturated rings. The lowest BCUT2D eigenvalue weighted by molar-refractivity contribution is 1.11. The molecule has 56 heavy (non-hydrogen) atoms. The van der Waals surface area contributed by atoms with E-state index in [0.29, 0.717) is 22.5 Å². The van der Waals surface area contributed by atoms with Crippen LogP contribution in [0.1, 0.15) is 11.1 Å².